The summed E-state index contributed by atoms with van der Waals surface area (Å²) in [6, 6.07) is 16.0. The Kier molecular flexibility index (Phi) is 3.87. The summed E-state index contributed by atoms with van der Waals surface area (Å²) in [7, 11) is 0. The van der Waals surface area contributed by atoms with Gasteiger partial charge in [-0.2, -0.15) is 0 Å². The molecule has 0 saturated carbocycles. The highest BCUT2D eigenvalue weighted by Crippen LogP contribution is 2.34. The molecule has 0 radical (unpaired) electrons. The minimum Gasteiger partial charge on any atom is -0.467 e. The monoisotopic (exact) mass is 386 g/mol. The van der Waals surface area contributed by atoms with Crippen LogP contribution < -0.4 is 4.90 Å². The zero-order chi connectivity index (χ0) is 20.1. The number of hydrogen-bond donors (Lipinski definition) is 0. The number of furan rings is 1. The van der Waals surface area contributed by atoms with Crippen molar-refractivity contribution >= 4 is 23.4 Å². The van der Waals surface area contributed by atoms with E-state index in [4.69, 9.17) is 4.42 Å². The van der Waals surface area contributed by atoms with E-state index in [9.17, 15) is 14.4 Å². The Bertz CT molecular complexity index is 1150. The maximum absolute atomic E-state index is 13.2. The summed E-state index contributed by atoms with van der Waals surface area (Å²) in [6.45, 7) is 2.07. The van der Waals surface area contributed by atoms with E-state index in [1.165, 1.54) is 12.3 Å². The summed E-state index contributed by atoms with van der Waals surface area (Å²) in [6.07, 6.45) is 2.29. The molecule has 0 N–H and O–H groups in total. The number of anilines is 1. The molecule has 0 fully saturated rings. The molecule has 0 saturated heterocycles. The van der Waals surface area contributed by atoms with Gasteiger partial charge in [0.05, 0.1) is 23.9 Å². The van der Waals surface area contributed by atoms with Crippen molar-refractivity contribution < 1.29 is 18.8 Å². The Hall–Kier alpha value is -3.67. The first-order valence-electron chi connectivity index (χ1n) is 9.48. The third-order valence-electron chi connectivity index (χ3n) is 5.54. The van der Waals surface area contributed by atoms with Gasteiger partial charge in [-0.25, -0.2) is 0 Å². The van der Waals surface area contributed by atoms with Crippen LogP contribution in [0.4, 0.5) is 5.69 Å². The van der Waals surface area contributed by atoms with Gasteiger partial charge in [-0.05, 0) is 55.3 Å². The fourth-order valence-electron chi connectivity index (χ4n) is 4.14. The Morgan fingerprint density at radius 3 is 2.62 bits per heavy atom. The van der Waals surface area contributed by atoms with Gasteiger partial charge in [-0.1, -0.05) is 18.2 Å². The lowest BCUT2D eigenvalue weighted by Crippen LogP contribution is -2.35. The topological polar surface area (TPSA) is 70.8 Å². The molecule has 2 aliphatic heterocycles. The van der Waals surface area contributed by atoms with Gasteiger partial charge in [0.25, 0.3) is 17.7 Å². The lowest BCUT2D eigenvalue weighted by molar-refractivity contribution is 0.0631. The number of para-hydroxylation sites is 1. The maximum atomic E-state index is 13.2. The SMILES string of the molecule is CC1Cc2ccccc2N1C(=O)c1ccc2c(c1)C(=O)N(Cc1ccco1)C2=O. The smallest absolute Gasteiger partial charge is 0.261 e. The molecule has 1 aromatic heterocycles. The summed E-state index contributed by atoms with van der Waals surface area (Å²) in [5, 5.41) is 0. The molecule has 2 aromatic carbocycles. The van der Waals surface area contributed by atoms with E-state index in [0.29, 0.717) is 16.9 Å². The van der Waals surface area contributed by atoms with Gasteiger partial charge in [-0.3, -0.25) is 19.3 Å². The number of benzene rings is 2. The summed E-state index contributed by atoms with van der Waals surface area (Å²) in [5.41, 5.74) is 2.99. The first kappa shape index (κ1) is 17.4. The second kappa shape index (κ2) is 6.44. The van der Waals surface area contributed by atoms with E-state index in [2.05, 4.69) is 0 Å². The Balaban J connectivity index is 1.47. The molecule has 0 bridgehead atoms. The number of amides is 3. The molecule has 1 unspecified atom stereocenters. The van der Waals surface area contributed by atoms with Crippen molar-refractivity contribution in [3.05, 3.63) is 88.9 Å². The number of rotatable bonds is 3. The molecule has 3 heterocycles. The number of carbonyl (C=O) groups excluding carboxylic acids is 3. The van der Waals surface area contributed by atoms with E-state index in [1.807, 2.05) is 31.2 Å². The van der Waals surface area contributed by atoms with Crippen LogP contribution in [0, 0.1) is 0 Å². The molecular formula is C23H18N2O4. The van der Waals surface area contributed by atoms with Crippen molar-refractivity contribution in [3.8, 4) is 0 Å². The highest BCUT2D eigenvalue weighted by Gasteiger charge is 2.38. The summed E-state index contributed by atoms with van der Waals surface area (Å²) in [4.78, 5) is 41.6. The lowest BCUT2D eigenvalue weighted by atomic mass is 10.0. The average Bonchev–Trinajstić information content (AvgIpc) is 3.41. The van der Waals surface area contributed by atoms with Crippen LogP contribution in [0.25, 0.3) is 0 Å². The van der Waals surface area contributed by atoms with Crippen molar-refractivity contribution in [3.63, 3.8) is 0 Å². The predicted octanol–water partition coefficient (Wildman–Crippen LogP) is 3.67. The van der Waals surface area contributed by atoms with Gasteiger partial charge in [0.1, 0.15) is 5.76 Å². The van der Waals surface area contributed by atoms with E-state index in [1.54, 1.807) is 29.2 Å². The van der Waals surface area contributed by atoms with Gasteiger partial charge in [-0.15, -0.1) is 0 Å². The van der Waals surface area contributed by atoms with Gasteiger partial charge in [0.15, 0.2) is 0 Å². The van der Waals surface area contributed by atoms with E-state index < -0.39 is 5.91 Å². The van der Waals surface area contributed by atoms with Gasteiger partial charge >= 0.3 is 0 Å². The number of imide groups is 1. The second-order valence-corrected chi connectivity index (χ2v) is 7.39. The molecule has 5 rings (SSSR count). The van der Waals surface area contributed by atoms with Crippen LogP contribution in [0.3, 0.4) is 0 Å². The summed E-state index contributed by atoms with van der Waals surface area (Å²) >= 11 is 0. The molecule has 144 valence electrons. The zero-order valence-corrected chi connectivity index (χ0v) is 15.8. The molecule has 3 aromatic rings. The fourth-order valence-corrected chi connectivity index (χ4v) is 4.14. The molecule has 6 heteroatoms. The minimum absolute atomic E-state index is 0.0286. The summed E-state index contributed by atoms with van der Waals surface area (Å²) < 4.78 is 5.26. The van der Waals surface area contributed by atoms with E-state index in [0.717, 1.165) is 22.6 Å². The normalized spacial score (nSPS) is 17.6. The van der Waals surface area contributed by atoms with Crippen LogP contribution in [-0.4, -0.2) is 28.7 Å². The predicted molar refractivity (Wildman–Crippen MR) is 106 cm³/mol. The number of carbonyl (C=O) groups is 3. The fraction of sp³-hybridized carbons (Fsp3) is 0.174. The van der Waals surface area contributed by atoms with Crippen molar-refractivity contribution in [1.82, 2.24) is 4.90 Å². The second-order valence-electron chi connectivity index (χ2n) is 7.39. The third kappa shape index (κ3) is 2.68. The number of fused-ring (bicyclic) bond motifs is 2. The molecule has 1 atom stereocenters. The van der Waals surface area contributed by atoms with Gasteiger partial charge < -0.3 is 9.32 Å². The largest absolute Gasteiger partial charge is 0.467 e. The van der Waals surface area contributed by atoms with Crippen LogP contribution in [0.2, 0.25) is 0 Å². The Labute approximate surface area is 167 Å². The Morgan fingerprint density at radius 2 is 1.83 bits per heavy atom. The zero-order valence-electron chi connectivity index (χ0n) is 15.8. The summed E-state index contributed by atoms with van der Waals surface area (Å²) in [5.74, 6) is -0.431. The highest BCUT2D eigenvalue weighted by atomic mass is 16.3. The quantitative estimate of drug-likeness (QED) is 0.644. The van der Waals surface area contributed by atoms with Crippen LogP contribution in [0.1, 0.15) is 49.3 Å². The first-order chi connectivity index (χ1) is 14.0. The molecule has 3 amide bonds. The molecular weight excluding hydrogens is 368 g/mol. The van der Waals surface area contributed by atoms with E-state index in [-0.39, 0.29) is 30.0 Å². The maximum Gasteiger partial charge on any atom is 0.261 e. The molecule has 0 aliphatic carbocycles. The third-order valence-corrected chi connectivity index (χ3v) is 5.54. The highest BCUT2D eigenvalue weighted by molar-refractivity contribution is 6.22. The van der Waals surface area contributed by atoms with Crippen molar-refractivity contribution in [2.45, 2.75) is 25.9 Å². The van der Waals surface area contributed by atoms with Crippen molar-refractivity contribution in [2.24, 2.45) is 0 Å². The minimum atomic E-state index is -0.411. The van der Waals surface area contributed by atoms with E-state index >= 15 is 0 Å². The first-order valence-corrected chi connectivity index (χ1v) is 9.48. The Morgan fingerprint density at radius 1 is 1.03 bits per heavy atom. The number of nitrogens with zero attached hydrogens (tertiary/aromatic N) is 2. The molecule has 6 nitrogen and oxygen atoms in total. The van der Waals surface area contributed by atoms with Gasteiger partial charge in [0.2, 0.25) is 0 Å². The number of hydrogen-bond acceptors (Lipinski definition) is 4. The van der Waals surface area contributed by atoms with Crippen molar-refractivity contribution in [2.75, 3.05) is 4.90 Å². The van der Waals surface area contributed by atoms with Crippen LogP contribution in [-0.2, 0) is 13.0 Å². The van der Waals surface area contributed by atoms with Crippen molar-refractivity contribution in [1.29, 1.82) is 0 Å². The molecule has 2 aliphatic rings. The standard InChI is InChI=1S/C23H18N2O4/c1-14-11-15-5-2-3-7-20(15)25(14)21(26)16-8-9-18-19(12-16)23(28)24(22(18)27)13-17-6-4-10-29-17/h2-10,12,14H,11,13H2,1H3. The molecule has 0 spiro atoms. The van der Waals surface area contributed by atoms with Crippen LogP contribution in [0.15, 0.2) is 65.3 Å². The average molecular weight is 386 g/mol. The van der Waals surface area contributed by atoms with Gasteiger partial charge in [0, 0.05) is 17.3 Å². The van der Waals surface area contributed by atoms with Crippen LogP contribution >= 0.6 is 0 Å². The lowest BCUT2D eigenvalue weighted by Gasteiger charge is -2.23. The van der Waals surface area contributed by atoms with Crippen LogP contribution in [0.5, 0.6) is 0 Å². The molecule has 29 heavy (non-hydrogen) atoms.